The number of fused-ring (bicyclic) bond motifs is 2. The number of rotatable bonds is 9. The van der Waals surface area contributed by atoms with Crippen LogP contribution in [0.4, 0.5) is 0 Å². The molecule has 0 saturated carbocycles. The number of phenols is 1. The average molecular weight is 510 g/mol. The monoisotopic (exact) mass is 509 g/mol. The summed E-state index contributed by atoms with van der Waals surface area (Å²) in [5, 5.41) is 42.6. The van der Waals surface area contributed by atoms with Crippen molar-refractivity contribution in [2.24, 2.45) is 17.6 Å². The number of ether oxygens (including phenoxy) is 1. The van der Waals surface area contributed by atoms with E-state index in [1.165, 1.54) is 6.07 Å². The number of hydrogen-bond donors (Lipinski definition) is 5. The Balaban J connectivity index is 1.73. The van der Waals surface area contributed by atoms with Gasteiger partial charge in [-0.15, -0.1) is 0 Å². The van der Waals surface area contributed by atoms with Crippen molar-refractivity contribution in [3.8, 4) is 11.5 Å². The zero-order valence-electron chi connectivity index (χ0n) is 20.6. The molecule has 9 nitrogen and oxygen atoms in total. The number of methoxy groups -OCH3 is 1. The van der Waals surface area contributed by atoms with E-state index in [0.29, 0.717) is 24.8 Å². The van der Waals surface area contributed by atoms with E-state index in [9.17, 15) is 34.8 Å². The van der Waals surface area contributed by atoms with E-state index in [0.717, 1.165) is 16.9 Å². The van der Waals surface area contributed by atoms with E-state index in [1.807, 2.05) is 24.3 Å². The average Bonchev–Trinajstić information content (AvgIpc) is 2.86. The first kappa shape index (κ1) is 26.4. The van der Waals surface area contributed by atoms with Crippen molar-refractivity contribution in [1.82, 2.24) is 0 Å². The molecule has 0 spiro atoms. The maximum Gasteiger partial charge on any atom is 0.225 e. The number of Topliss-reactive ketones (excluding diaryl/α,β-unsaturated/α-hetero) is 2. The van der Waals surface area contributed by atoms with Gasteiger partial charge in [0.25, 0.3) is 0 Å². The number of phenolic OH excluding ortho intramolecular Hbond substituents is 1. The van der Waals surface area contributed by atoms with Crippen LogP contribution in [0.1, 0.15) is 46.3 Å². The molecule has 0 unspecified atom stereocenters. The van der Waals surface area contributed by atoms with Gasteiger partial charge in [-0.3, -0.25) is 14.4 Å². The highest BCUT2D eigenvalue weighted by Crippen LogP contribution is 2.49. The van der Waals surface area contributed by atoms with Gasteiger partial charge in [0, 0.05) is 18.1 Å². The van der Waals surface area contributed by atoms with Crippen LogP contribution in [0.25, 0.3) is 0 Å². The van der Waals surface area contributed by atoms with Crippen LogP contribution in [0.3, 0.4) is 0 Å². The molecule has 6 N–H and O–H groups in total. The highest BCUT2D eigenvalue weighted by atomic mass is 16.5. The Morgan fingerprint density at radius 2 is 1.81 bits per heavy atom. The SMILES string of the molecule is COc1ccc(CCc2ccc(O)c3c2C[C@H]2C[C@@H](CCO)[C@@](O)(C(=O)CC(N)=O)C(O)=C2C3=O)cc1. The Kier molecular flexibility index (Phi) is 7.38. The van der Waals surface area contributed by atoms with Gasteiger partial charge in [0.05, 0.1) is 19.1 Å². The molecule has 0 saturated heterocycles. The Labute approximate surface area is 214 Å². The highest BCUT2D eigenvalue weighted by molar-refractivity contribution is 6.15. The van der Waals surface area contributed by atoms with Gasteiger partial charge in [-0.1, -0.05) is 18.2 Å². The lowest BCUT2D eigenvalue weighted by Gasteiger charge is -2.43. The molecule has 9 heteroatoms. The van der Waals surface area contributed by atoms with Crippen molar-refractivity contribution >= 4 is 17.5 Å². The molecule has 1 amide bonds. The topological polar surface area (TPSA) is 167 Å². The Hall–Kier alpha value is -3.69. The fourth-order valence-electron chi connectivity index (χ4n) is 5.69. The smallest absolute Gasteiger partial charge is 0.225 e. The molecule has 0 heterocycles. The fraction of sp³-hybridized carbons (Fsp3) is 0.393. The summed E-state index contributed by atoms with van der Waals surface area (Å²) in [6, 6.07) is 10.9. The largest absolute Gasteiger partial charge is 0.508 e. The molecule has 0 aromatic heterocycles. The Bertz CT molecular complexity index is 1270. The van der Waals surface area contributed by atoms with Gasteiger partial charge in [-0.05, 0) is 72.9 Å². The van der Waals surface area contributed by atoms with E-state index in [1.54, 1.807) is 13.2 Å². The van der Waals surface area contributed by atoms with Gasteiger partial charge in [0.2, 0.25) is 5.91 Å². The molecule has 2 aliphatic carbocycles. The number of benzene rings is 2. The molecule has 2 aliphatic rings. The minimum Gasteiger partial charge on any atom is -0.508 e. The van der Waals surface area contributed by atoms with Crippen LogP contribution < -0.4 is 10.5 Å². The van der Waals surface area contributed by atoms with Crippen LogP contribution in [0.5, 0.6) is 11.5 Å². The number of ketones is 2. The summed E-state index contributed by atoms with van der Waals surface area (Å²) in [6.45, 7) is -0.370. The molecule has 0 aliphatic heterocycles. The van der Waals surface area contributed by atoms with Crippen LogP contribution >= 0.6 is 0 Å². The Morgan fingerprint density at radius 3 is 2.43 bits per heavy atom. The number of aryl methyl sites for hydroxylation is 2. The number of carbonyl (C=O) groups excluding carboxylic acids is 3. The summed E-state index contributed by atoms with van der Waals surface area (Å²) in [5.74, 6) is -4.48. The molecule has 3 atom stereocenters. The van der Waals surface area contributed by atoms with Gasteiger partial charge >= 0.3 is 0 Å². The first-order valence-corrected chi connectivity index (χ1v) is 12.2. The highest BCUT2D eigenvalue weighted by Gasteiger charge is 2.55. The molecule has 37 heavy (non-hydrogen) atoms. The summed E-state index contributed by atoms with van der Waals surface area (Å²) in [5.41, 5.74) is 5.11. The number of allylic oxidation sites excluding steroid dienone is 1. The second-order valence-corrected chi connectivity index (χ2v) is 9.72. The van der Waals surface area contributed by atoms with Crippen LogP contribution in [0.2, 0.25) is 0 Å². The number of carbonyl (C=O) groups is 3. The first-order chi connectivity index (χ1) is 17.6. The lowest BCUT2D eigenvalue weighted by molar-refractivity contribution is -0.147. The van der Waals surface area contributed by atoms with Gasteiger partial charge < -0.3 is 30.9 Å². The second-order valence-electron chi connectivity index (χ2n) is 9.72. The molecule has 0 radical (unpaired) electrons. The summed E-state index contributed by atoms with van der Waals surface area (Å²) in [4.78, 5) is 37.9. The van der Waals surface area contributed by atoms with Crippen LogP contribution in [-0.4, -0.2) is 57.2 Å². The first-order valence-electron chi connectivity index (χ1n) is 12.2. The molecule has 196 valence electrons. The molecule has 0 bridgehead atoms. The fourth-order valence-corrected chi connectivity index (χ4v) is 5.69. The van der Waals surface area contributed by atoms with Crippen LogP contribution in [-0.2, 0) is 28.9 Å². The number of amides is 1. The van der Waals surface area contributed by atoms with Crippen molar-refractivity contribution in [3.63, 3.8) is 0 Å². The van der Waals surface area contributed by atoms with E-state index < -0.39 is 47.1 Å². The zero-order valence-corrected chi connectivity index (χ0v) is 20.6. The Morgan fingerprint density at radius 1 is 1.11 bits per heavy atom. The van der Waals surface area contributed by atoms with Gasteiger partial charge in [-0.25, -0.2) is 0 Å². The van der Waals surface area contributed by atoms with Gasteiger partial charge in [-0.2, -0.15) is 0 Å². The maximum absolute atomic E-state index is 13.6. The van der Waals surface area contributed by atoms with Crippen molar-refractivity contribution < 1.29 is 39.5 Å². The third-order valence-corrected chi connectivity index (χ3v) is 7.57. The number of aromatic hydroxyl groups is 1. The molecule has 4 rings (SSSR count). The third-order valence-electron chi connectivity index (χ3n) is 7.57. The third kappa shape index (κ3) is 4.72. The predicted molar refractivity (Wildman–Crippen MR) is 133 cm³/mol. The predicted octanol–water partition coefficient (Wildman–Crippen LogP) is 1.93. The summed E-state index contributed by atoms with van der Waals surface area (Å²) < 4.78 is 5.20. The molecule has 0 fully saturated rings. The van der Waals surface area contributed by atoms with Crippen molar-refractivity contribution in [1.29, 1.82) is 0 Å². The minimum atomic E-state index is -2.53. The lowest BCUT2D eigenvalue weighted by Crippen LogP contribution is -2.54. The van der Waals surface area contributed by atoms with Crippen molar-refractivity contribution in [2.45, 2.75) is 44.1 Å². The zero-order chi connectivity index (χ0) is 26.9. The number of hydrogen-bond acceptors (Lipinski definition) is 8. The lowest BCUT2D eigenvalue weighted by atomic mass is 9.62. The van der Waals surface area contributed by atoms with E-state index in [2.05, 4.69) is 0 Å². The summed E-state index contributed by atoms with van der Waals surface area (Å²) in [7, 11) is 1.60. The second kappa shape index (κ2) is 10.4. The number of nitrogens with two attached hydrogens (primary N) is 1. The summed E-state index contributed by atoms with van der Waals surface area (Å²) >= 11 is 0. The van der Waals surface area contributed by atoms with Crippen molar-refractivity contribution in [3.05, 3.63) is 70.0 Å². The number of primary amides is 1. The molecular weight excluding hydrogens is 478 g/mol. The molecule has 2 aromatic rings. The minimum absolute atomic E-state index is 0.0275. The normalized spacial score (nSPS) is 22.8. The number of aliphatic hydroxyl groups is 3. The van der Waals surface area contributed by atoms with E-state index in [-0.39, 0.29) is 36.3 Å². The maximum atomic E-state index is 13.6. The number of aliphatic hydroxyl groups excluding tert-OH is 2. The standard InChI is InChI=1S/C28H31NO8/c1-37-19-7-3-15(4-8-19)2-5-16-6-9-21(31)25-20(16)13-17-12-18(10-11-30)28(36,22(32)14-23(29)33)27(35)24(17)26(25)34/h3-4,6-9,17-18,30-31,35-36H,2,5,10-14H2,1H3,(H2,29,33)/t17-,18-,28-/m1/s1. The van der Waals surface area contributed by atoms with E-state index in [4.69, 9.17) is 10.5 Å². The van der Waals surface area contributed by atoms with Gasteiger partial charge in [0.15, 0.2) is 17.2 Å². The quantitative estimate of drug-likeness (QED) is 0.320. The molecular formula is C28H31NO8. The molecule has 2 aromatic carbocycles. The van der Waals surface area contributed by atoms with Crippen LogP contribution in [0.15, 0.2) is 47.7 Å². The van der Waals surface area contributed by atoms with Gasteiger partial charge in [0.1, 0.15) is 17.3 Å². The van der Waals surface area contributed by atoms with Crippen LogP contribution in [0, 0.1) is 11.8 Å². The summed E-state index contributed by atoms with van der Waals surface area (Å²) in [6.07, 6.45) is 0.852. The van der Waals surface area contributed by atoms with Crippen molar-refractivity contribution in [2.75, 3.05) is 13.7 Å². The van der Waals surface area contributed by atoms with E-state index >= 15 is 0 Å².